The fourth-order valence-electron chi connectivity index (χ4n) is 0. The molecule has 0 aromatic carbocycles. The van der Waals surface area contributed by atoms with Gasteiger partial charge < -0.3 is 11.2 Å². The average molecular weight is 136 g/mol. The second-order valence-corrected chi connectivity index (χ2v) is 2.02. The molecular formula is CH6NaO4P. The van der Waals surface area contributed by atoms with E-state index in [1.54, 1.807) is 0 Å². The average Bonchev–Trinajstić information content (AvgIpc) is 1.35. The topological polar surface area (TPSA) is 66.8 Å². The first kappa shape index (κ1) is 11.0. The molecular weight excluding hydrogens is 130 g/mol. The van der Waals surface area contributed by atoms with E-state index in [0.29, 0.717) is 0 Å². The summed E-state index contributed by atoms with van der Waals surface area (Å²) in [5, 5.41) is 0. The molecule has 2 N–H and O–H groups in total. The molecule has 0 aromatic heterocycles. The summed E-state index contributed by atoms with van der Waals surface area (Å²) in [6.45, 7) is 0. The molecule has 6 heteroatoms. The zero-order valence-electron chi connectivity index (χ0n) is 5.16. The Hall–Kier alpha value is 1.11. The molecule has 0 fully saturated rings. The standard InChI is InChI=1S/CH5O4P.Na.H/c1-5-6(2,3)4;;/h1H3,(H2,2,3,4);;/q;+1;-1. The van der Waals surface area contributed by atoms with Crippen LogP contribution < -0.4 is 29.6 Å². The van der Waals surface area contributed by atoms with Crippen LogP contribution in [0.5, 0.6) is 0 Å². The van der Waals surface area contributed by atoms with Crippen molar-refractivity contribution in [3.05, 3.63) is 0 Å². The van der Waals surface area contributed by atoms with Crippen LogP contribution in [0, 0.1) is 0 Å². The molecule has 0 radical (unpaired) electrons. The summed E-state index contributed by atoms with van der Waals surface area (Å²) in [6.07, 6.45) is 0. The van der Waals surface area contributed by atoms with Crippen molar-refractivity contribution in [1.29, 1.82) is 0 Å². The number of hydrogen-bond acceptors (Lipinski definition) is 2. The van der Waals surface area contributed by atoms with Crippen molar-refractivity contribution in [3.8, 4) is 0 Å². The largest absolute Gasteiger partial charge is 1.00 e. The van der Waals surface area contributed by atoms with Crippen molar-refractivity contribution >= 4 is 7.82 Å². The van der Waals surface area contributed by atoms with Gasteiger partial charge >= 0.3 is 37.4 Å². The molecule has 4 nitrogen and oxygen atoms in total. The zero-order chi connectivity index (χ0) is 5.21. The van der Waals surface area contributed by atoms with E-state index in [9.17, 15) is 4.57 Å². The molecule has 0 unspecified atom stereocenters. The minimum absolute atomic E-state index is 0. The van der Waals surface area contributed by atoms with Gasteiger partial charge in [-0.1, -0.05) is 0 Å². The van der Waals surface area contributed by atoms with Crippen LogP contribution in [0.2, 0.25) is 0 Å². The molecule has 0 saturated heterocycles. The first-order chi connectivity index (χ1) is 2.56. The Labute approximate surface area is 64.9 Å². The Morgan fingerprint density at radius 2 is 1.86 bits per heavy atom. The fourth-order valence-corrected chi connectivity index (χ4v) is 0. The zero-order valence-corrected chi connectivity index (χ0v) is 7.05. The van der Waals surface area contributed by atoms with Crippen LogP contribution in [0.25, 0.3) is 0 Å². The smallest absolute Gasteiger partial charge is 1.00 e. The van der Waals surface area contributed by atoms with Gasteiger partial charge in [-0.05, 0) is 0 Å². The molecule has 7 heavy (non-hydrogen) atoms. The van der Waals surface area contributed by atoms with Gasteiger partial charge in [0.1, 0.15) is 0 Å². The van der Waals surface area contributed by atoms with E-state index in [-0.39, 0.29) is 31.0 Å². The van der Waals surface area contributed by atoms with E-state index in [1.807, 2.05) is 0 Å². The SMILES string of the molecule is COP(=O)(O)O.[H-].[Na+]. The maximum absolute atomic E-state index is 9.47. The van der Waals surface area contributed by atoms with Crippen LogP contribution in [-0.4, -0.2) is 16.9 Å². The van der Waals surface area contributed by atoms with Gasteiger partial charge in [0.05, 0.1) is 0 Å². The van der Waals surface area contributed by atoms with Gasteiger partial charge in [0.15, 0.2) is 0 Å². The predicted molar refractivity (Wildman–Crippen MR) is 20.2 cm³/mol. The Morgan fingerprint density at radius 1 is 1.71 bits per heavy atom. The molecule has 0 bridgehead atoms. The number of rotatable bonds is 1. The van der Waals surface area contributed by atoms with E-state index >= 15 is 0 Å². The molecule has 0 atom stereocenters. The van der Waals surface area contributed by atoms with Gasteiger partial charge in [-0.2, -0.15) is 0 Å². The molecule has 0 spiro atoms. The van der Waals surface area contributed by atoms with E-state index in [4.69, 9.17) is 9.79 Å². The normalized spacial score (nSPS) is 10.1. The third-order valence-corrected chi connectivity index (χ3v) is 0.714. The minimum atomic E-state index is -4.15. The summed E-state index contributed by atoms with van der Waals surface area (Å²) >= 11 is 0. The molecule has 0 aliphatic heterocycles. The van der Waals surface area contributed by atoms with Crippen LogP contribution in [-0.2, 0) is 9.09 Å². The molecule has 0 aromatic rings. The van der Waals surface area contributed by atoms with Gasteiger partial charge in [0.25, 0.3) is 0 Å². The Bertz CT molecular complexity index is 80.1. The number of phosphoric acid groups is 1. The van der Waals surface area contributed by atoms with E-state index in [1.165, 1.54) is 0 Å². The molecule has 0 saturated carbocycles. The van der Waals surface area contributed by atoms with Crippen molar-refractivity contribution in [3.63, 3.8) is 0 Å². The Kier molecular flexibility index (Phi) is 6.33. The molecule has 0 amide bonds. The van der Waals surface area contributed by atoms with Crippen LogP contribution in [0.15, 0.2) is 0 Å². The van der Waals surface area contributed by atoms with Crippen LogP contribution >= 0.6 is 7.82 Å². The van der Waals surface area contributed by atoms with Gasteiger partial charge in [-0.25, -0.2) is 4.57 Å². The summed E-state index contributed by atoms with van der Waals surface area (Å²) in [6, 6.07) is 0. The molecule has 0 rings (SSSR count). The maximum Gasteiger partial charge on any atom is 1.00 e. The van der Waals surface area contributed by atoms with Gasteiger partial charge in [0, 0.05) is 7.11 Å². The van der Waals surface area contributed by atoms with Crippen molar-refractivity contribution in [2.75, 3.05) is 7.11 Å². The van der Waals surface area contributed by atoms with E-state index in [2.05, 4.69) is 4.52 Å². The van der Waals surface area contributed by atoms with Gasteiger partial charge in [-0.15, -0.1) is 0 Å². The quantitative estimate of drug-likeness (QED) is 0.295. The van der Waals surface area contributed by atoms with Crippen molar-refractivity contribution in [2.24, 2.45) is 0 Å². The molecule has 40 valence electrons. The first-order valence-electron chi connectivity index (χ1n) is 1.17. The maximum atomic E-state index is 9.47. The van der Waals surface area contributed by atoms with Gasteiger partial charge in [-0.3, -0.25) is 4.52 Å². The monoisotopic (exact) mass is 136 g/mol. The molecule has 0 aliphatic carbocycles. The van der Waals surface area contributed by atoms with Crippen molar-refractivity contribution < 1.29 is 49.9 Å². The second kappa shape index (κ2) is 4.04. The number of phosphoric ester groups is 1. The third kappa shape index (κ3) is 11.0. The van der Waals surface area contributed by atoms with Crippen LogP contribution in [0.3, 0.4) is 0 Å². The summed E-state index contributed by atoms with van der Waals surface area (Å²) in [7, 11) is -3.20. The van der Waals surface area contributed by atoms with Crippen molar-refractivity contribution in [2.45, 2.75) is 0 Å². The second-order valence-electron chi connectivity index (χ2n) is 0.673. The van der Waals surface area contributed by atoms with Gasteiger partial charge in [0.2, 0.25) is 0 Å². The minimum Gasteiger partial charge on any atom is -1.00 e. The summed E-state index contributed by atoms with van der Waals surface area (Å²) in [5.41, 5.74) is 0. The van der Waals surface area contributed by atoms with E-state index < -0.39 is 7.82 Å². The van der Waals surface area contributed by atoms with Crippen LogP contribution in [0.1, 0.15) is 1.43 Å². The Morgan fingerprint density at radius 3 is 1.86 bits per heavy atom. The third-order valence-electron chi connectivity index (χ3n) is 0.238. The summed E-state index contributed by atoms with van der Waals surface area (Å²) in [4.78, 5) is 15.4. The first-order valence-corrected chi connectivity index (χ1v) is 2.70. The van der Waals surface area contributed by atoms with E-state index in [0.717, 1.165) is 7.11 Å². The Balaban J connectivity index is -0.000000125. The van der Waals surface area contributed by atoms with Crippen LogP contribution in [0.4, 0.5) is 0 Å². The molecule has 0 heterocycles. The molecule has 0 aliphatic rings. The fraction of sp³-hybridized carbons (Fsp3) is 1.00. The van der Waals surface area contributed by atoms with Crippen molar-refractivity contribution in [1.82, 2.24) is 0 Å². The summed E-state index contributed by atoms with van der Waals surface area (Å²) < 4.78 is 13.1. The summed E-state index contributed by atoms with van der Waals surface area (Å²) in [5.74, 6) is 0. The predicted octanol–water partition coefficient (Wildman–Crippen LogP) is -3.16. The number of hydrogen-bond donors (Lipinski definition) is 2.